The van der Waals surface area contributed by atoms with Gasteiger partial charge in [0, 0.05) is 11.6 Å². The normalized spacial score (nSPS) is 21.4. The molecular weight excluding hydrogens is 394 g/mol. The Bertz CT molecular complexity index is 995. The molecule has 0 radical (unpaired) electrons. The van der Waals surface area contributed by atoms with Crippen LogP contribution >= 0.6 is 0 Å². The molecule has 2 aromatic rings. The number of carbonyl (C=O) groups excluding carboxylic acids is 2. The average molecular weight is 424 g/mol. The van der Waals surface area contributed by atoms with Gasteiger partial charge >= 0.3 is 0 Å². The van der Waals surface area contributed by atoms with E-state index in [1.807, 2.05) is 13.0 Å². The second-order valence-electron chi connectivity index (χ2n) is 8.82. The largest absolute Gasteiger partial charge is 0.507 e. The topological polar surface area (TPSA) is 80.0 Å². The predicted octanol–water partition coefficient (Wildman–Crippen LogP) is 4.99. The minimum Gasteiger partial charge on any atom is -0.507 e. The number of rotatable bonds is 6. The molecule has 1 saturated carbocycles. The van der Waals surface area contributed by atoms with Crippen LogP contribution in [0.15, 0.2) is 46.4 Å². The van der Waals surface area contributed by atoms with Crippen molar-refractivity contribution in [2.24, 2.45) is 5.92 Å². The van der Waals surface area contributed by atoms with E-state index in [1.54, 1.807) is 35.2 Å². The number of hydrogen-bond acceptors (Lipinski definition) is 5. The highest BCUT2D eigenvalue weighted by Crippen LogP contribution is 2.43. The van der Waals surface area contributed by atoms with Gasteiger partial charge in [0.25, 0.3) is 11.7 Å². The lowest BCUT2D eigenvalue weighted by molar-refractivity contribution is -0.141. The number of benzene rings is 1. The SMILES string of the molecule is Cc1ccc(C2/C(=C(/O)c3ccc(OCC(C)C)cc3)C(=O)C(=O)N2C2CCCC2)o1. The summed E-state index contributed by atoms with van der Waals surface area (Å²) >= 11 is 0. The molecule has 1 aliphatic carbocycles. The van der Waals surface area contributed by atoms with Crippen molar-refractivity contribution in [3.05, 3.63) is 59.1 Å². The van der Waals surface area contributed by atoms with Crippen LogP contribution in [0.2, 0.25) is 0 Å². The molecule has 1 N–H and O–H groups in total. The number of carbonyl (C=O) groups is 2. The highest BCUT2D eigenvalue weighted by atomic mass is 16.5. The number of amides is 1. The Hall–Kier alpha value is -3.02. The average Bonchev–Trinajstić information content (AvgIpc) is 3.47. The Balaban J connectivity index is 1.73. The molecule has 1 atom stereocenters. The molecule has 4 rings (SSSR count). The smallest absolute Gasteiger partial charge is 0.296 e. The van der Waals surface area contributed by atoms with Gasteiger partial charge in [-0.05, 0) is 62.1 Å². The van der Waals surface area contributed by atoms with Crippen molar-refractivity contribution < 1.29 is 23.8 Å². The molecule has 1 aliphatic heterocycles. The van der Waals surface area contributed by atoms with Crippen LogP contribution in [0.25, 0.3) is 5.76 Å². The van der Waals surface area contributed by atoms with Crippen LogP contribution in [-0.2, 0) is 9.59 Å². The van der Waals surface area contributed by atoms with Gasteiger partial charge < -0.3 is 19.2 Å². The first-order valence-corrected chi connectivity index (χ1v) is 11.0. The van der Waals surface area contributed by atoms with E-state index in [2.05, 4.69) is 13.8 Å². The minimum absolute atomic E-state index is 0.0241. The van der Waals surface area contributed by atoms with Crippen molar-refractivity contribution in [1.29, 1.82) is 0 Å². The molecule has 0 spiro atoms. The van der Waals surface area contributed by atoms with E-state index >= 15 is 0 Å². The molecule has 1 saturated heterocycles. The summed E-state index contributed by atoms with van der Waals surface area (Å²) < 4.78 is 11.5. The lowest BCUT2D eigenvalue weighted by Gasteiger charge is -2.29. The summed E-state index contributed by atoms with van der Waals surface area (Å²) in [7, 11) is 0. The lowest BCUT2D eigenvalue weighted by atomic mass is 9.98. The fourth-order valence-corrected chi connectivity index (χ4v) is 4.42. The van der Waals surface area contributed by atoms with Crippen molar-refractivity contribution in [3.8, 4) is 5.75 Å². The number of likely N-dealkylation sites (tertiary alicyclic amines) is 1. The van der Waals surface area contributed by atoms with Crippen molar-refractivity contribution in [2.45, 2.75) is 58.5 Å². The third-order valence-electron chi connectivity index (χ3n) is 5.94. The molecule has 1 aromatic heterocycles. The van der Waals surface area contributed by atoms with Crippen LogP contribution in [-0.4, -0.2) is 34.3 Å². The van der Waals surface area contributed by atoms with Gasteiger partial charge in [-0.3, -0.25) is 9.59 Å². The summed E-state index contributed by atoms with van der Waals surface area (Å²) in [6.45, 7) is 6.55. The highest BCUT2D eigenvalue weighted by Gasteiger charge is 2.50. The zero-order valence-corrected chi connectivity index (χ0v) is 18.3. The molecule has 2 aliphatic rings. The summed E-state index contributed by atoms with van der Waals surface area (Å²) in [5.74, 6) is 0.869. The first-order chi connectivity index (χ1) is 14.9. The van der Waals surface area contributed by atoms with E-state index < -0.39 is 17.7 Å². The molecule has 31 heavy (non-hydrogen) atoms. The fraction of sp³-hybridized carbons (Fsp3) is 0.440. The van der Waals surface area contributed by atoms with Crippen LogP contribution < -0.4 is 4.74 Å². The van der Waals surface area contributed by atoms with Gasteiger partial charge in [0.2, 0.25) is 0 Å². The maximum absolute atomic E-state index is 13.0. The summed E-state index contributed by atoms with van der Waals surface area (Å²) in [6, 6.07) is 9.79. The molecule has 164 valence electrons. The van der Waals surface area contributed by atoms with Crippen LogP contribution in [0.5, 0.6) is 5.75 Å². The molecule has 1 aromatic carbocycles. The maximum Gasteiger partial charge on any atom is 0.296 e. The number of Topliss-reactive ketones (excluding diaryl/α,β-unsaturated/α-hetero) is 1. The maximum atomic E-state index is 13.0. The summed E-state index contributed by atoms with van der Waals surface area (Å²) in [5.41, 5.74) is 0.552. The Morgan fingerprint density at radius 3 is 2.39 bits per heavy atom. The molecule has 1 amide bonds. The van der Waals surface area contributed by atoms with Crippen LogP contribution in [0.1, 0.15) is 62.7 Å². The molecular formula is C25H29NO5. The van der Waals surface area contributed by atoms with Crippen molar-refractivity contribution in [3.63, 3.8) is 0 Å². The van der Waals surface area contributed by atoms with Crippen LogP contribution in [0, 0.1) is 12.8 Å². The number of aliphatic hydroxyl groups excluding tert-OH is 1. The van der Waals surface area contributed by atoms with E-state index in [0.29, 0.717) is 35.4 Å². The number of hydrogen-bond donors (Lipinski definition) is 1. The fourth-order valence-electron chi connectivity index (χ4n) is 4.42. The van der Waals surface area contributed by atoms with Crippen molar-refractivity contribution in [1.82, 2.24) is 4.90 Å². The van der Waals surface area contributed by atoms with E-state index in [9.17, 15) is 14.7 Å². The number of aliphatic hydroxyl groups is 1. The zero-order valence-electron chi connectivity index (χ0n) is 18.3. The van der Waals surface area contributed by atoms with Crippen LogP contribution in [0.3, 0.4) is 0 Å². The zero-order chi connectivity index (χ0) is 22.1. The monoisotopic (exact) mass is 423 g/mol. The van der Waals surface area contributed by atoms with Gasteiger partial charge in [0.05, 0.1) is 12.2 Å². The number of aryl methyl sites for hydroxylation is 1. The van der Waals surface area contributed by atoms with E-state index in [1.165, 1.54) is 0 Å². The minimum atomic E-state index is -0.714. The first-order valence-electron chi connectivity index (χ1n) is 11.0. The van der Waals surface area contributed by atoms with Crippen LogP contribution in [0.4, 0.5) is 0 Å². The van der Waals surface area contributed by atoms with Gasteiger partial charge in [-0.25, -0.2) is 0 Å². The van der Waals surface area contributed by atoms with Crippen molar-refractivity contribution >= 4 is 17.4 Å². The quantitative estimate of drug-likeness (QED) is 0.402. The summed E-state index contributed by atoms with van der Waals surface area (Å²) in [6.07, 6.45) is 3.75. The first kappa shape index (κ1) is 21.2. The number of furan rings is 1. The number of ketones is 1. The third kappa shape index (κ3) is 4.11. The standard InChI is InChI=1S/C25H29NO5/c1-15(2)14-30-19-11-9-17(10-12-19)23(27)21-22(20-13-8-16(3)31-20)26(25(29)24(21)28)18-6-4-5-7-18/h8-13,15,18,22,27H,4-7,14H2,1-3H3/b23-21-. The molecule has 2 heterocycles. The summed E-state index contributed by atoms with van der Waals surface area (Å²) in [5, 5.41) is 11.1. The van der Waals surface area contributed by atoms with E-state index in [0.717, 1.165) is 25.7 Å². The molecule has 6 nitrogen and oxygen atoms in total. The molecule has 1 unspecified atom stereocenters. The molecule has 0 bridgehead atoms. The third-order valence-corrected chi connectivity index (χ3v) is 5.94. The van der Waals surface area contributed by atoms with E-state index in [4.69, 9.17) is 9.15 Å². The highest BCUT2D eigenvalue weighted by molar-refractivity contribution is 6.46. The van der Waals surface area contributed by atoms with Gasteiger partial charge in [-0.1, -0.05) is 26.7 Å². The van der Waals surface area contributed by atoms with Gasteiger partial charge in [-0.15, -0.1) is 0 Å². The van der Waals surface area contributed by atoms with Gasteiger partial charge in [0.1, 0.15) is 29.1 Å². The van der Waals surface area contributed by atoms with Crippen molar-refractivity contribution in [2.75, 3.05) is 6.61 Å². The lowest BCUT2D eigenvalue weighted by Crippen LogP contribution is -2.37. The molecule has 6 heteroatoms. The Morgan fingerprint density at radius 1 is 1.13 bits per heavy atom. The van der Waals surface area contributed by atoms with Gasteiger partial charge in [0.15, 0.2) is 0 Å². The summed E-state index contributed by atoms with van der Waals surface area (Å²) in [4.78, 5) is 27.7. The van der Waals surface area contributed by atoms with Gasteiger partial charge in [-0.2, -0.15) is 0 Å². The number of nitrogens with zero attached hydrogens (tertiary/aromatic N) is 1. The second kappa shape index (κ2) is 8.61. The predicted molar refractivity (Wildman–Crippen MR) is 117 cm³/mol. The Labute approximate surface area is 182 Å². The Morgan fingerprint density at radius 2 is 1.81 bits per heavy atom. The molecule has 2 fully saturated rings. The number of ether oxygens (including phenoxy) is 1. The second-order valence-corrected chi connectivity index (χ2v) is 8.82. The van der Waals surface area contributed by atoms with E-state index in [-0.39, 0.29) is 17.4 Å². The Kier molecular flexibility index (Phi) is 5.90.